The standard InChI is InChI=1S/C10H19NO2/c1-7(2)8-4-5-11-9(6-8)10(12)13-3/h7-9,11H,4-6H2,1-3H3/t8-,9-/m0/s1. The maximum Gasteiger partial charge on any atom is 0.322 e. The third-order valence-corrected chi connectivity index (χ3v) is 2.87. The Morgan fingerprint density at radius 1 is 1.54 bits per heavy atom. The summed E-state index contributed by atoms with van der Waals surface area (Å²) in [5.74, 6) is 1.20. The van der Waals surface area contributed by atoms with Crippen LogP contribution >= 0.6 is 0 Å². The van der Waals surface area contributed by atoms with E-state index in [1.807, 2.05) is 0 Å². The molecule has 1 N–H and O–H groups in total. The molecule has 13 heavy (non-hydrogen) atoms. The van der Waals surface area contributed by atoms with Crippen LogP contribution in [0.1, 0.15) is 26.7 Å². The first kappa shape index (κ1) is 10.5. The fourth-order valence-corrected chi connectivity index (χ4v) is 1.87. The third kappa shape index (κ3) is 2.69. The minimum atomic E-state index is -0.120. The molecule has 1 fully saturated rings. The maximum absolute atomic E-state index is 11.3. The first-order valence-electron chi connectivity index (χ1n) is 4.96. The number of carbonyl (C=O) groups excluding carboxylic acids is 1. The van der Waals surface area contributed by atoms with Crippen LogP contribution in [0.5, 0.6) is 0 Å². The number of carbonyl (C=O) groups is 1. The van der Waals surface area contributed by atoms with Crippen LogP contribution in [0.4, 0.5) is 0 Å². The van der Waals surface area contributed by atoms with E-state index in [1.165, 1.54) is 13.5 Å². The molecule has 0 amide bonds. The maximum atomic E-state index is 11.3. The average Bonchev–Trinajstić information content (AvgIpc) is 2.17. The van der Waals surface area contributed by atoms with E-state index in [-0.39, 0.29) is 12.0 Å². The summed E-state index contributed by atoms with van der Waals surface area (Å²) in [6.07, 6.45) is 2.09. The Kier molecular flexibility index (Phi) is 3.72. The normalized spacial score (nSPS) is 28.9. The number of piperidine rings is 1. The summed E-state index contributed by atoms with van der Waals surface area (Å²) in [4.78, 5) is 11.3. The molecule has 3 nitrogen and oxygen atoms in total. The molecule has 1 aliphatic heterocycles. The predicted molar refractivity (Wildman–Crippen MR) is 51.4 cm³/mol. The van der Waals surface area contributed by atoms with Gasteiger partial charge in [-0.2, -0.15) is 0 Å². The topological polar surface area (TPSA) is 38.3 Å². The summed E-state index contributed by atoms with van der Waals surface area (Å²) >= 11 is 0. The van der Waals surface area contributed by atoms with Crippen LogP contribution in [0, 0.1) is 11.8 Å². The molecule has 0 spiro atoms. The molecule has 3 heteroatoms. The van der Waals surface area contributed by atoms with E-state index in [1.54, 1.807) is 0 Å². The van der Waals surface area contributed by atoms with Crippen molar-refractivity contribution in [2.75, 3.05) is 13.7 Å². The van der Waals surface area contributed by atoms with E-state index in [9.17, 15) is 4.79 Å². The highest BCUT2D eigenvalue weighted by molar-refractivity contribution is 5.75. The average molecular weight is 185 g/mol. The fraction of sp³-hybridized carbons (Fsp3) is 0.900. The Balaban J connectivity index is 2.46. The SMILES string of the molecule is COC(=O)[C@@H]1C[C@@H](C(C)C)CCN1. The van der Waals surface area contributed by atoms with E-state index >= 15 is 0 Å². The number of rotatable bonds is 2. The minimum Gasteiger partial charge on any atom is -0.468 e. The highest BCUT2D eigenvalue weighted by Crippen LogP contribution is 2.24. The molecule has 1 heterocycles. The molecule has 0 unspecified atom stereocenters. The van der Waals surface area contributed by atoms with Crippen molar-refractivity contribution in [3.8, 4) is 0 Å². The van der Waals surface area contributed by atoms with Crippen molar-refractivity contribution in [2.24, 2.45) is 11.8 Å². The van der Waals surface area contributed by atoms with Crippen molar-refractivity contribution >= 4 is 5.97 Å². The van der Waals surface area contributed by atoms with Gasteiger partial charge in [-0.05, 0) is 31.2 Å². The van der Waals surface area contributed by atoms with Gasteiger partial charge in [0.05, 0.1) is 7.11 Å². The van der Waals surface area contributed by atoms with Crippen molar-refractivity contribution in [3.05, 3.63) is 0 Å². The fourth-order valence-electron chi connectivity index (χ4n) is 1.87. The Bertz CT molecular complexity index is 180. The van der Waals surface area contributed by atoms with Crippen LogP contribution in [0.3, 0.4) is 0 Å². The van der Waals surface area contributed by atoms with Crippen molar-refractivity contribution in [2.45, 2.75) is 32.7 Å². The molecule has 0 saturated carbocycles. The van der Waals surface area contributed by atoms with E-state index in [0.717, 1.165) is 13.0 Å². The first-order chi connectivity index (χ1) is 6.15. The van der Waals surface area contributed by atoms with Gasteiger partial charge in [0.2, 0.25) is 0 Å². The van der Waals surface area contributed by atoms with Gasteiger partial charge in [-0.25, -0.2) is 0 Å². The minimum absolute atomic E-state index is 0.0776. The van der Waals surface area contributed by atoms with Crippen LogP contribution in [-0.4, -0.2) is 25.7 Å². The van der Waals surface area contributed by atoms with Gasteiger partial charge in [0.15, 0.2) is 0 Å². The number of ether oxygens (including phenoxy) is 1. The lowest BCUT2D eigenvalue weighted by Crippen LogP contribution is -2.45. The predicted octanol–water partition coefficient (Wildman–Crippen LogP) is 1.18. The molecular formula is C10H19NO2. The zero-order valence-electron chi connectivity index (χ0n) is 8.67. The lowest BCUT2D eigenvalue weighted by atomic mass is 9.84. The van der Waals surface area contributed by atoms with Crippen LogP contribution < -0.4 is 5.32 Å². The Morgan fingerprint density at radius 2 is 2.23 bits per heavy atom. The van der Waals surface area contributed by atoms with Gasteiger partial charge in [0.1, 0.15) is 6.04 Å². The second-order valence-corrected chi connectivity index (χ2v) is 4.06. The number of esters is 1. The van der Waals surface area contributed by atoms with Gasteiger partial charge in [0, 0.05) is 0 Å². The summed E-state index contributed by atoms with van der Waals surface area (Å²) in [7, 11) is 1.45. The van der Waals surface area contributed by atoms with Crippen molar-refractivity contribution in [1.29, 1.82) is 0 Å². The van der Waals surface area contributed by atoms with E-state index in [0.29, 0.717) is 11.8 Å². The monoisotopic (exact) mass is 185 g/mol. The molecule has 1 aliphatic rings. The van der Waals surface area contributed by atoms with E-state index in [4.69, 9.17) is 4.74 Å². The molecule has 0 radical (unpaired) electrons. The van der Waals surface area contributed by atoms with Gasteiger partial charge in [0.25, 0.3) is 0 Å². The first-order valence-corrected chi connectivity index (χ1v) is 4.96. The van der Waals surface area contributed by atoms with E-state index in [2.05, 4.69) is 19.2 Å². The molecule has 0 bridgehead atoms. The second-order valence-electron chi connectivity index (χ2n) is 4.06. The number of nitrogens with one attached hydrogen (secondary N) is 1. The zero-order valence-corrected chi connectivity index (χ0v) is 8.67. The van der Waals surface area contributed by atoms with Crippen molar-refractivity contribution in [1.82, 2.24) is 5.32 Å². The Morgan fingerprint density at radius 3 is 2.77 bits per heavy atom. The van der Waals surface area contributed by atoms with Crippen molar-refractivity contribution < 1.29 is 9.53 Å². The van der Waals surface area contributed by atoms with E-state index < -0.39 is 0 Å². The molecule has 0 aromatic rings. The smallest absolute Gasteiger partial charge is 0.322 e. The summed E-state index contributed by atoms with van der Waals surface area (Å²) in [5.41, 5.74) is 0. The van der Waals surface area contributed by atoms with Crippen molar-refractivity contribution in [3.63, 3.8) is 0 Å². The number of methoxy groups -OCH3 is 1. The summed E-state index contributed by atoms with van der Waals surface area (Å²) in [6, 6.07) is -0.0776. The van der Waals surface area contributed by atoms with Gasteiger partial charge in [-0.3, -0.25) is 4.79 Å². The molecule has 76 valence electrons. The molecule has 1 rings (SSSR count). The largest absolute Gasteiger partial charge is 0.468 e. The van der Waals surface area contributed by atoms with Gasteiger partial charge in [-0.15, -0.1) is 0 Å². The summed E-state index contributed by atoms with van der Waals surface area (Å²) in [5, 5.41) is 3.18. The molecule has 0 aliphatic carbocycles. The quantitative estimate of drug-likeness (QED) is 0.657. The van der Waals surface area contributed by atoms with Crippen LogP contribution in [-0.2, 0) is 9.53 Å². The highest BCUT2D eigenvalue weighted by Gasteiger charge is 2.28. The number of hydrogen-bond acceptors (Lipinski definition) is 3. The van der Waals surface area contributed by atoms with Gasteiger partial charge < -0.3 is 10.1 Å². The Labute approximate surface area is 79.8 Å². The molecule has 0 aromatic heterocycles. The summed E-state index contributed by atoms with van der Waals surface area (Å²) in [6.45, 7) is 5.36. The highest BCUT2D eigenvalue weighted by atomic mass is 16.5. The molecule has 1 saturated heterocycles. The third-order valence-electron chi connectivity index (χ3n) is 2.87. The Hall–Kier alpha value is -0.570. The second kappa shape index (κ2) is 4.61. The summed E-state index contributed by atoms with van der Waals surface area (Å²) < 4.78 is 4.72. The van der Waals surface area contributed by atoms with Crippen LogP contribution in [0.15, 0.2) is 0 Å². The van der Waals surface area contributed by atoms with Crippen LogP contribution in [0.25, 0.3) is 0 Å². The molecule has 2 atom stereocenters. The number of hydrogen-bond donors (Lipinski definition) is 1. The molecule has 0 aromatic carbocycles. The zero-order chi connectivity index (χ0) is 9.84. The van der Waals surface area contributed by atoms with Crippen LogP contribution in [0.2, 0.25) is 0 Å². The van der Waals surface area contributed by atoms with Gasteiger partial charge >= 0.3 is 5.97 Å². The molecular weight excluding hydrogens is 166 g/mol. The lowest BCUT2D eigenvalue weighted by molar-refractivity contribution is -0.144. The lowest BCUT2D eigenvalue weighted by Gasteiger charge is -2.30. The van der Waals surface area contributed by atoms with Gasteiger partial charge in [-0.1, -0.05) is 13.8 Å².